The molecule has 1 aliphatic heterocycles. The zero-order valence-electron chi connectivity index (χ0n) is 12.2. The lowest BCUT2D eigenvalue weighted by Gasteiger charge is -2.26. The van der Waals surface area contributed by atoms with Gasteiger partial charge in [0.25, 0.3) is 0 Å². The molecular weight excluding hydrogens is 306 g/mol. The number of hydrogen-bond donors (Lipinski definition) is 1. The van der Waals surface area contributed by atoms with E-state index in [1.807, 2.05) is 14.0 Å². The molecule has 0 spiro atoms. The molecule has 1 aromatic rings. The summed E-state index contributed by atoms with van der Waals surface area (Å²) in [6.45, 7) is 8.24. The van der Waals surface area contributed by atoms with Crippen LogP contribution < -0.4 is 5.32 Å². The molecule has 1 saturated heterocycles. The van der Waals surface area contributed by atoms with E-state index in [2.05, 4.69) is 44.9 Å². The maximum atomic E-state index is 5.90. The van der Waals surface area contributed by atoms with Crippen molar-refractivity contribution < 1.29 is 4.74 Å². The lowest BCUT2D eigenvalue weighted by atomic mass is 9.94. The summed E-state index contributed by atoms with van der Waals surface area (Å²) in [6.07, 6.45) is 2.41. The van der Waals surface area contributed by atoms with Gasteiger partial charge in [0, 0.05) is 25.6 Å². The Morgan fingerprint density at radius 2 is 2.32 bits per heavy atom. The second-order valence-electron chi connectivity index (χ2n) is 5.36. The Labute approximate surface area is 124 Å². The Morgan fingerprint density at radius 3 is 2.84 bits per heavy atom. The highest BCUT2D eigenvalue weighted by molar-refractivity contribution is 9.10. The largest absolute Gasteiger partial charge is 0.376 e. The lowest BCUT2D eigenvalue weighted by molar-refractivity contribution is 0.0627. The van der Waals surface area contributed by atoms with Crippen LogP contribution in [0.25, 0.3) is 0 Å². The van der Waals surface area contributed by atoms with Crippen molar-refractivity contribution in [3.05, 3.63) is 15.9 Å². The van der Waals surface area contributed by atoms with Crippen LogP contribution in [-0.4, -0.2) is 35.6 Å². The second-order valence-corrected chi connectivity index (χ2v) is 6.16. The number of ether oxygens (including phenoxy) is 1. The smallest absolute Gasteiger partial charge is 0.0758 e. The molecule has 0 aromatic carbocycles. The first-order chi connectivity index (χ1) is 9.08. The van der Waals surface area contributed by atoms with E-state index in [9.17, 15) is 0 Å². The molecule has 0 amide bonds. The third-order valence-corrected chi connectivity index (χ3v) is 5.11. The third-order valence-electron chi connectivity index (χ3n) is 4.08. The Hall–Kier alpha value is -0.390. The molecule has 1 aliphatic rings. The molecule has 108 valence electrons. The van der Waals surface area contributed by atoms with Crippen LogP contribution in [0.4, 0.5) is 0 Å². The monoisotopic (exact) mass is 329 g/mol. The molecule has 2 heterocycles. The van der Waals surface area contributed by atoms with Crippen molar-refractivity contribution in [2.24, 2.45) is 5.92 Å². The Balaban J connectivity index is 2.18. The predicted octanol–water partition coefficient (Wildman–Crippen LogP) is 2.53. The van der Waals surface area contributed by atoms with Gasteiger partial charge in [0.05, 0.1) is 22.0 Å². The molecule has 3 atom stereocenters. The van der Waals surface area contributed by atoms with Crippen LogP contribution >= 0.6 is 15.9 Å². The number of likely N-dealkylation sites (N-methyl/N-ethyl adjacent to an activating group) is 1. The fourth-order valence-corrected chi connectivity index (χ4v) is 3.33. The number of aryl methyl sites for hydroxylation is 2. The average Bonchev–Trinajstić information content (AvgIpc) is 2.93. The van der Waals surface area contributed by atoms with Crippen molar-refractivity contribution >= 4 is 15.9 Å². The van der Waals surface area contributed by atoms with Crippen LogP contribution in [-0.2, 0) is 17.7 Å². The van der Waals surface area contributed by atoms with E-state index in [4.69, 9.17) is 4.74 Å². The van der Waals surface area contributed by atoms with Crippen molar-refractivity contribution in [1.82, 2.24) is 15.1 Å². The third kappa shape index (κ3) is 3.03. The van der Waals surface area contributed by atoms with E-state index in [0.29, 0.717) is 18.1 Å². The van der Waals surface area contributed by atoms with Crippen molar-refractivity contribution in [3.8, 4) is 0 Å². The first-order valence-corrected chi connectivity index (χ1v) is 7.88. The van der Waals surface area contributed by atoms with Gasteiger partial charge in [-0.15, -0.1) is 0 Å². The summed E-state index contributed by atoms with van der Waals surface area (Å²) in [6, 6.07) is 0.343. The number of rotatable bonds is 5. The van der Waals surface area contributed by atoms with Gasteiger partial charge in [0.15, 0.2) is 0 Å². The Kier molecular flexibility index (Phi) is 5.03. The van der Waals surface area contributed by atoms with Crippen molar-refractivity contribution in [3.63, 3.8) is 0 Å². The van der Waals surface area contributed by atoms with E-state index in [1.165, 1.54) is 5.69 Å². The summed E-state index contributed by atoms with van der Waals surface area (Å²) in [4.78, 5) is 0. The van der Waals surface area contributed by atoms with Crippen LogP contribution in [0.1, 0.15) is 31.7 Å². The molecule has 1 N–H and O–H groups in total. The molecule has 2 rings (SSSR count). The Bertz CT molecular complexity index is 433. The maximum Gasteiger partial charge on any atom is 0.0758 e. The second kappa shape index (κ2) is 6.37. The molecule has 0 radical (unpaired) electrons. The van der Waals surface area contributed by atoms with Gasteiger partial charge in [-0.3, -0.25) is 4.68 Å². The molecule has 0 saturated carbocycles. The number of aromatic nitrogens is 2. The van der Waals surface area contributed by atoms with Gasteiger partial charge in [-0.2, -0.15) is 5.10 Å². The van der Waals surface area contributed by atoms with E-state index < -0.39 is 0 Å². The highest BCUT2D eigenvalue weighted by Gasteiger charge is 2.32. The minimum absolute atomic E-state index is 0.303. The number of nitrogens with zero attached hydrogens (tertiary/aromatic N) is 2. The molecule has 0 aliphatic carbocycles. The first kappa shape index (κ1) is 15.0. The minimum Gasteiger partial charge on any atom is -0.376 e. The average molecular weight is 330 g/mol. The topological polar surface area (TPSA) is 39.1 Å². The van der Waals surface area contributed by atoms with Crippen molar-refractivity contribution in [1.29, 1.82) is 0 Å². The summed E-state index contributed by atoms with van der Waals surface area (Å²) >= 11 is 3.67. The summed E-state index contributed by atoms with van der Waals surface area (Å²) in [5, 5.41) is 7.99. The van der Waals surface area contributed by atoms with Crippen LogP contribution in [0.2, 0.25) is 0 Å². The van der Waals surface area contributed by atoms with Crippen LogP contribution in [0.3, 0.4) is 0 Å². The minimum atomic E-state index is 0.303. The normalized spacial score (nSPS) is 24.9. The molecule has 4 nitrogen and oxygen atoms in total. The molecule has 1 fully saturated rings. The van der Waals surface area contributed by atoms with Gasteiger partial charge < -0.3 is 10.1 Å². The SMILES string of the molecule is CCn1nc(C)c(Br)c1CC(NC)C1OCCC1C. The summed E-state index contributed by atoms with van der Waals surface area (Å²) in [5.74, 6) is 0.621. The van der Waals surface area contributed by atoms with Gasteiger partial charge in [-0.1, -0.05) is 6.92 Å². The number of halogens is 1. The predicted molar refractivity (Wildman–Crippen MR) is 80.4 cm³/mol. The first-order valence-electron chi connectivity index (χ1n) is 7.09. The van der Waals surface area contributed by atoms with Gasteiger partial charge in [0.2, 0.25) is 0 Å². The van der Waals surface area contributed by atoms with Crippen LogP contribution in [0, 0.1) is 12.8 Å². The molecule has 3 unspecified atom stereocenters. The zero-order chi connectivity index (χ0) is 14.0. The fraction of sp³-hybridized carbons (Fsp3) is 0.786. The van der Waals surface area contributed by atoms with Gasteiger partial charge in [-0.25, -0.2) is 0 Å². The zero-order valence-corrected chi connectivity index (χ0v) is 13.8. The van der Waals surface area contributed by atoms with Crippen LogP contribution in [0.15, 0.2) is 4.47 Å². The van der Waals surface area contributed by atoms with Gasteiger partial charge in [-0.05, 0) is 49.2 Å². The van der Waals surface area contributed by atoms with Gasteiger partial charge in [0.1, 0.15) is 0 Å². The highest BCUT2D eigenvalue weighted by atomic mass is 79.9. The fourth-order valence-electron chi connectivity index (χ4n) is 2.89. The van der Waals surface area contributed by atoms with E-state index in [0.717, 1.165) is 36.2 Å². The maximum absolute atomic E-state index is 5.90. The van der Waals surface area contributed by atoms with Gasteiger partial charge >= 0.3 is 0 Å². The quantitative estimate of drug-likeness (QED) is 0.902. The van der Waals surface area contributed by atoms with Crippen LogP contribution in [0.5, 0.6) is 0 Å². The lowest BCUT2D eigenvalue weighted by Crippen LogP contribution is -2.42. The molecule has 5 heteroatoms. The van der Waals surface area contributed by atoms with E-state index in [1.54, 1.807) is 0 Å². The molecule has 1 aromatic heterocycles. The number of nitrogens with one attached hydrogen (secondary N) is 1. The number of hydrogen-bond acceptors (Lipinski definition) is 3. The standard InChI is InChI=1S/C14H24BrN3O/c1-5-18-12(13(15)10(3)17-18)8-11(16-4)14-9(2)6-7-19-14/h9,11,14,16H,5-8H2,1-4H3. The summed E-state index contributed by atoms with van der Waals surface area (Å²) in [7, 11) is 2.02. The molecule has 0 bridgehead atoms. The highest BCUT2D eigenvalue weighted by Crippen LogP contribution is 2.28. The summed E-state index contributed by atoms with van der Waals surface area (Å²) < 4.78 is 9.13. The molecular formula is C14H24BrN3O. The summed E-state index contributed by atoms with van der Waals surface area (Å²) in [5.41, 5.74) is 2.33. The van der Waals surface area contributed by atoms with E-state index in [-0.39, 0.29) is 0 Å². The van der Waals surface area contributed by atoms with E-state index >= 15 is 0 Å². The Morgan fingerprint density at radius 1 is 1.58 bits per heavy atom. The van der Waals surface area contributed by atoms with Crippen molar-refractivity contribution in [2.45, 2.75) is 52.3 Å². The molecule has 19 heavy (non-hydrogen) atoms. The van der Waals surface area contributed by atoms with Crippen molar-refractivity contribution in [2.75, 3.05) is 13.7 Å².